The van der Waals surface area contributed by atoms with Gasteiger partial charge in [0.05, 0.1) is 35.7 Å². The molecule has 2 saturated heterocycles. The zero-order chi connectivity index (χ0) is 46.9. The number of benzene rings is 1. The van der Waals surface area contributed by atoms with Gasteiger partial charge in [0.2, 0.25) is 17.7 Å². The van der Waals surface area contributed by atoms with Gasteiger partial charge in [-0.2, -0.15) is 0 Å². The van der Waals surface area contributed by atoms with E-state index in [9.17, 15) is 24.0 Å². The fraction of sp³-hybridized carbons (Fsp3) is 0.540. The molecule has 6 bridgehead atoms. The lowest BCUT2D eigenvalue weighted by molar-refractivity contribution is -0.155. The highest BCUT2D eigenvalue weighted by Gasteiger charge is 2.42. The molecule has 1 aromatic carbocycles. The van der Waals surface area contributed by atoms with Crippen LogP contribution < -0.4 is 10.7 Å². The van der Waals surface area contributed by atoms with Crippen molar-refractivity contribution in [1.29, 1.82) is 0 Å². The molecule has 5 atom stereocenters. The number of cyclic esters (lactones) is 1. The van der Waals surface area contributed by atoms with E-state index in [1.165, 1.54) is 22.4 Å². The molecule has 1 saturated carbocycles. The van der Waals surface area contributed by atoms with E-state index in [4.69, 9.17) is 19.4 Å². The Kier molecular flexibility index (Phi) is 14.1. The number of amides is 4. The van der Waals surface area contributed by atoms with Crippen LogP contribution in [0.4, 0.5) is 0 Å². The number of fused-ring (bicyclic) bond motifs is 6. The number of hydrogen-bond acceptors (Lipinski definition) is 11. The van der Waals surface area contributed by atoms with E-state index in [2.05, 4.69) is 66.9 Å². The summed E-state index contributed by atoms with van der Waals surface area (Å²) in [4.78, 5) is 83.0. The molecule has 4 amide bonds. The monoisotopic (exact) mass is 920 g/mol. The van der Waals surface area contributed by atoms with Gasteiger partial charge in [-0.15, -0.1) is 11.3 Å². The van der Waals surface area contributed by atoms with Gasteiger partial charge in [-0.3, -0.25) is 34.0 Å². The van der Waals surface area contributed by atoms with Crippen molar-refractivity contribution in [3.05, 3.63) is 71.5 Å². The number of esters is 1. The lowest BCUT2D eigenvalue weighted by atomic mass is 9.84. The summed E-state index contributed by atoms with van der Waals surface area (Å²) >= 11 is 1.48. The van der Waals surface area contributed by atoms with Gasteiger partial charge in [0.1, 0.15) is 23.1 Å². The quantitative estimate of drug-likeness (QED) is 0.137. The highest BCUT2D eigenvalue weighted by atomic mass is 32.1. The Hall–Kier alpha value is -5.45. The van der Waals surface area contributed by atoms with Gasteiger partial charge < -0.3 is 29.2 Å². The molecule has 15 nitrogen and oxygen atoms in total. The van der Waals surface area contributed by atoms with Gasteiger partial charge >= 0.3 is 5.97 Å². The van der Waals surface area contributed by atoms with Crippen LogP contribution in [-0.4, -0.2) is 117 Å². The first kappa shape index (κ1) is 47.1. The van der Waals surface area contributed by atoms with Crippen LogP contribution >= 0.6 is 11.3 Å². The van der Waals surface area contributed by atoms with Crippen LogP contribution in [-0.2, 0) is 52.8 Å². The number of hydrazine groups is 1. The standard InChI is InChI=1S/C50H64N8O7S/c1-8-41(59)56-23-20-33(27-56)47(61)55(6)43(31-14-10-11-15-31)45(60)53-39-25-34-28-66-46(52-34)32-18-19-40-36(24-32)37(44(57(40)9-2)35-16-12-21-51-42(35)30(3)64-7)26-50(4,5)29-65-49(63)38-17-13-22-58(54-38)48(39)62/h8,12,16,18-19,21,24,28,30-31,33,38-39,43,54H,1,9-11,13-15,17,20,22-23,25-27,29H2,2-7H3,(H,53,60)/t30-,33-,38-,39-,43-/m0/s1. The second-order valence-electron chi connectivity index (χ2n) is 19.2. The van der Waals surface area contributed by atoms with E-state index in [-0.39, 0.29) is 43.4 Å². The molecule has 6 heterocycles. The predicted octanol–water partition coefficient (Wildman–Crippen LogP) is 6.25. The first-order chi connectivity index (χ1) is 31.7. The molecule has 3 aliphatic heterocycles. The number of likely N-dealkylation sites (tertiary alicyclic amines) is 1. The first-order valence-electron chi connectivity index (χ1n) is 23.5. The molecular formula is C50H64N8O7S. The van der Waals surface area contributed by atoms with E-state index < -0.39 is 47.2 Å². The van der Waals surface area contributed by atoms with Crippen LogP contribution in [0, 0.1) is 17.3 Å². The number of rotatable bonds is 10. The Morgan fingerprint density at radius 3 is 2.65 bits per heavy atom. The zero-order valence-corrected chi connectivity index (χ0v) is 40.0. The Morgan fingerprint density at radius 2 is 1.91 bits per heavy atom. The smallest absolute Gasteiger partial charge is 0.324 e. The number of nitrogens with one attached hydrogen (secondary N) is 2. The van der Waals surface area contributed by atoms with E-state index in [1.807, 2.05) is 18.4 Å². The molecule has 0 unspecified atom stereocenters. The van der Waals surface area contributed by atoms with Crippen LogP contribution in [0.3, 0.4) is 0 Å². The summed E-state index contributed by atoms with van der Waals surface area (Å²) in [5.74, 6) is -2.23. The van der Waals surface area contributed by atoms with Gasteiger partial charge in [0.25, 0.3) is 5.91 Å². The maximum atomic E-state index is 14.8. The highest BCUT2D eigenvalue weighted by Crippen LogP contribution is 2.42. The van der Waals surface area contributed by atoms with Gasteiger partial charge in [-0.1, -0.05) is 33.3 Å². The summed E-state index contributed by atoms with van der Waals surface area (Å²) < 4.78 is 14.3. The molecule has 0 radical (unpaired) electrons. The number of ether oxygens (including phenoxy) is 2. The normalized spacial score (nSPS) is 22.4. The van der Waals surface area contributed by atoms with E-state index in [0.717, 1.165) is 69.7 Å². The van der Waals surface area contributed by atoms with Crippen molar-refractivity contribution in [3.8, 4) is 21.8 Å². The Morgan fingerprint density at radius 1 is 1.12 bits per heavy atom. The molecule has 16 heteroatoms. The van der Waals surface area contributed by atoms with Crippen LogP contribution in [0.2, 0.25) is 0 Å². The topological polar surface area (TPSA) is 168 Å². The van der Waals surface area contributed by atoms with Crippen molar-refractivity contribution >= 4 is 51.8 Å². The number of aromatic nitrogens is 3. The lowest BCUT2D eigenvalue weighted by Gasteiger charge is -2.37. The molecule has 352 valence electrons. The van der Waals surface area contributed by atoms with Crippen molar-refractivity contribution in [2.24, 2.45) is 17.3 Å². The molecule has 4 aromatic rings. The van der Waals surface area contributed by atoms with Crippen LogP contribution in [0.1, 0.15) is 95.7 Å². The molecule has 8 rings (SSSR count). The largest absolute Gasteiger partial charge is 0.464 e. The van der Waals surface area contributed by atoms with Crippen LogP contribution in [0.5, 0.6) is 0 Å². The number of pyridine rings is 1. The number of aryl methyl sites for hydroxylation is 1. The van der Waals surface area contributed by atoms with Crippen LogP contribution in [0.25, 0.3) is 32.7 Å². The zero-order valence-electron chi connectivity index (χ0n) is 39.1. The van der Waals surface area contributed by atoms with Crippen molar-refractivity contribution in [1.82, 2.24) is 40.1 Å². The summed E-state index contributed by atoms with van der Waals surface area (Å²) in [6.07, 6.45) is 8.40. The third kappa shape index (κ3) is 9.54. The summed E-state index contributed by atoms with van der Waals surface area (Å²) in [7, 11) is 3.35. The second-order valence-corrected chi connectivity index (χ2v) is 20.1. The van der Waals surface area contributed by atoms with Gasteiger partial charge in [0.15, 0.2) is 0 Å². The fourth-order valence-electron chi connectivity index (χ4n) is 10.5. The molecule has 4 aliphatic rings. The van der Waals surface area contributed by atoms with Gasteiger partial charge in [-0.25, -0.2) is 10.4 Å². The van der Waals surface area contributed by atoms with Crippen molar-refractivity contribution < 1.29 is 33.4 Å². The fourth-order valence-corrected chi connectivity index (χ4v) is 11.4. The molecule has 3 aromatic heterocycles. The van der Waals surface area contributed by atoms with Crippen LogP contribution in [0.15, 0.2) is 54.6 Å². The maximum Gasteiger partial charge on any atom is 0.324 e. The number of thiazole rings is 1. The first-order valence-corrected chi connectivity index (χ1v) is 24.4. The lowest BCUT2D eigenvalue weighted by Crippen LogP contribution is -2.62. The Bertz CT molecular complexity index is 2490. The van der Waals surface area contributed by atoms with Gasteiger partial charge in [0, 0.05) is 85.8 Å². The summed E-state index contributed by atoms with van der Waals surface area (Å²) in [6.45, 7) is 13.8. The minimum absolute atomic E-state index is 0.0875. The minimum Gasteiger partial charge on any atom is -0.464 e. The second kappa shape index (κ2) is 19.8. The molecule has 0 spiro atoms. The van der Waals surface area contributed by atoms with Crippen molar-refractivity contribution in [3.63, 3.8) is 0 Å². The maximum absolute atomic E-state index is 14.8. The van der Waals surface area contributed by atoms with Gasteiger partial charge in [-0.05, 0) is 100 Å². The molecule has 2 N–H and O–H groups in total. The Labute approximate surface area is 391 Å². The summed E-state index contributed by atoms with van der Waals surface area (Å²) in [6, 6.07) is 7.79. The van der Waals surface area contributed by atoms with Crippen molar-refractivity contribution in [2.45, 2.75) is 116 Å². The van der Waals surface area contributed by atoms with Crippen molar-refractivity contribution in [2.75, 3.05) is 40.4 Å². The average molecular weight is 921 g/mol. The Balaban J connectivity index is 1.17. The van der Waals surface area contributed by atoms with E-state index >= 15 is 0 Å². The third-order valence-corrected chi connectivity index (χ3v) is 15.0. The summed E-state index contributed by atoms with van der Waals surface area (Å²) in [5.41, 5.74) is 9.23. The number of carbonyl (C=O) groups excluding carboxylic acids is 5. The van der Waals surface area contributed by atoms with E-state index in [1.54, 1.807) is 30.2 Å². The molecule has 3 fully saturated rings. The predicted molar refractivity (Wildman–Crippen MR) is 253 cm³/mol. The molecule has 66 heavy (non-hydrogen) atoms. The number of hydrogen-bond donors (Lipinski definition) is 2. The summed E-state index contributed by atoms with van der Waals surface area (Å²) in [5, 5.41) is 8.32. The molecular weight excluding hydrogens is 857 g/mol. The average Bonchev–Trinajstić information content (AvgIpc) is 4.17. The van der Waals surface area contributed by atoms with E-state index in [0.29, 0.717) is 51.0 Å². The third-order valence-electron chi connectivity index (χ3n) is 14.0. The highest BCUT2D eigenvalue weighted by molar-refractivity contribution is 7.13. The SMILES string of the molecule is C=CC(=O)N1CC[C@H](C(=O)N(C)[C@H](C(=O)N[C@H]2Cc3csc(n3)-c3ccc4c(c3)c(c(-c3cccnc3[C@H](C)OC)n4CC)CC(C)(C)COC(=O)[C@@H]3CCCN(N3)C2=O)C2CCCC2)C1. The number of carbonyl (C=O) groups is 5. The number of likely N-dealkylation sites (N-methyl/N-ethyl adjacent to an activating group) is 1. The number of nitrogens with zero attached hydrogens (tertiary/aromatic N) is 6. The molecule has 1 aliphatic carbocycles. The number of methoxy groups -OCH3 is 1. The minimum atomic E-state index is -1.06.